The fraction of sp³-hybridized carbons (Fsp3) is 0.500. The number of carbonyl (C=O) groups is 1. The van der Waals surface area contributed by atoms with Crippen LogP contribution >= 0.6 is 23.7 Å². The molecule has 142 valence electrons. The molecule has 1 aliphatic rings. The molecule has 1 amide bonds. The normalized spacial score (nSPS) is 15.9. The number of thiazole rings is 1. The molecule has 1 aliphatic carbocycles. The van der Waals surface area contributed by atoms with Crippen LogP contribution < -0.4 is 11.1 Å². The van der Waals surface area contributed by atoms with Crippen molar-refractivity contribution in [3.8, 4) is 10.6 Å². The van der Waals surface area contributed by atoms with Gasteiger partial charge in [0.15, 0.2) is 0 Å². The molecule has 3 N–H and O–H groups in total. The molecule has 0 atom stereocenters. The minimum atomic E-state index is 0. The molecule has 0 spiro atoms. The third-order valence-electron chi connectivity index (χ3n) is 5.16. The van der Waals surface area contributed by atoms with Crippen LogP contribution in [0, 0.1) is 5.41 Å². The predicted octanol–water partition coefficient (Wildman–Crippen LogP) is 4.19. The minimum Gasteiger partial charge on any atom is -0.356 e. The lowest BCUT2D eigenvalue weighted by atomic mass is 9.71. The van der Waals surface area contributed by atoms with Crippen molar-refractivity contribution in [3.05, 3.63) is 41.4 Å². The first-order chi connectivity index (χ1) is 12.2. The summed E-state index contributed by atoms with van der Waals surface area (Å²) in [7, 11) is 0. The van der Waals surface area contributed by atoms with Gasteiger partial charge in [-0.2, -0.15) is 0 Å². The average molecular weight is 394 g/mol. The molecule has 0 saturated heterocycles. The van der Waals surface area contributed by atoms with Gasteiger partial charge >= 0.3 is 0 Å². The first-order valence-electron chi connectivity index (χ1n) is 9.17. The fourth-order valence-corrected chi connectivity index (χ4v) is 4.48. The minimum absolute atomic E-state index is 0. The molecule has 0 aliphatic heterocycles. The Kier molecular flexibility index (Phi) is 8.07. The van der Waals surface area contributed by atoms with Crippen molar-refractivity contribution >= 4 is 29.7 Å². The van der Waals surface area contributed by atoms with Gasteiger partial charge in [-0.1, -0.05) is 49.6 Å². The van der Waals surface area contributed by atoms with E-state index in [4.69, 9.17) is 5.73 Å². The molecular formula is C20H28ClN3OS. The quantitative estimate of drug-likeness (QED) is 0.741. The first kappa shape index (κ1) is 20.9. The van der Waals surface area contributed by atoms with Crippen LogP contribution in [-0.2, 0) is 11.2 Å². The Labute approximate surface area is 166 Å². The highest BCUT2D eigenvalue weighted by Crippen LogP contribution is 2.38. The van der Waals surface area contributed by atoms with Crippen molar-refractivity contribution in [1.29, 1.82) is 0 Å². The van der Waals surface area contributed by atoms with E-state index < -0.39 is 0 Å². The number of rotatable bonds is 7. The summed E-state index contributed by atoms with van der Waals surface area (Å²) in [5.41, 5.74) is 8.19. The van der Waals surface area contributed by atoms with Gasteiger partial charge in [-0.3, -0.25) is 4.79 Å². The summed E-state index contributed by atoms with van der Waals surface area (Å²) in [5.74, 6) is 0.130. The molecule has 1 aromatic carbocycles. The van der Waals surface area contributed by atoms with Crippen LogP contribution in [0.5, 0.6) is 0 Å². The molecule has 6 heteroatoms. The molecule has 0 unspecified atom stereocenters. The van der Waals surface area contributed by atoms with Crippen molar-refractivity contribution in [2.45, 2.75) is 44.9 Å². The number of hydrogen-bond donors (Lipinski definition) is 2. The maximum atomic E-state index is 12.3. The zero-order valence-electron chi connectivity index (χ0n) is 15.1. The number of halogens is 1. The lowest BCUT2D eigenvalue weighted by molar-refractivity contribution is -0.123. The zero-order chi connectivity index (χ0) is 17.5. The maximum absolute atomic E-state index is 12.3. The number of nitrogens with two attached hydrogens (primary N) is 1. The van der Waals surface area contributed by atoms with Gasteiger partial charge in [0, 0.05) is 30.3 Å². The summed E-state index contributed by atoms with van der Waals surface area (Å²) in [5, 5.41) is 6.17. The molecular weight excluding hydrogens is 366 g/mol. The van der Waals surface area contributed by atoms with E-state index in [0.29, 0.717) is 19.5 Å². The van der Waals surface area contributed by atoms with E-state index in [2.05, 4.69) is 27.8 Å². The predicted molar refractivity (Wildman–Crippen MR) is 111 cm³/mol. The van der Waals surface area contributed by atoms with E-state index >= 15 is 0 Å². The van der Waals surface area contributed by atoms with Gasteiger partial charge in [-0.25, -0.2) is 4.98 Å². The van der Waals surface area contributed by atoms with Gasteiger partial charge in [-0.05, 0) is 24.8 Å². The van der Waals surface area contributed by atoms with Crippen LogP contribution in [0.1, 0.15) is 44.2 Å². The lowest BCUT2D eigenvalue weighted by Crippen LogP contribution is -2.39. The highest BCUT2D eigenvalue weighted by atomic mass is 35.5. The van der Waals surface area contributed by atoms with E-state index in [1.54, 1.807) is 11.3 Å². The van der Waals surface area contributed by atoms with Crippen molar-refractivity contribution in [2.24, 2.45) is 11.1 Å². The Hall–Kier alpha value is -1.43. The second-order valence-electron chi connectivity index (χ2n) is 7.05. The number of nitrogens with zero attached hydrogens (tertiary/aromatic N) is 1. The standard InChI is InChI=1S/C20H27N3OS.ClH/c21-15-20(10-5-2-6-11-20)13-18(24)22-12-9-17-14-25-19(23-17)16-7-3-1-4-8-16;/h1,3-4,7-8,14H,2,5-6,9-13,15,21H2,(H,22,24);1H. The summed E-state index contributed by atoms with van der Waals surface area (Å²) < 4.78 is 0. The van der Waals surface area contributed by atoms with Crippen molar-refractivity contribution in [2.75, 3.05) is 13.1 Å². The number of amides is 1. The molecule has 1 fully saturated rings. The molecule has 4 nitrogen and oxygen atoms in total. The zero-order valence-corrected chi connectivity index (χ0v) is 16.7. The van der Waals surface area contributed by atoms with E-state index in [-0.39, 0.29) is 23.7 Å². The van der Waals surface area contributed by atoms with E-state index in [0.717, 1.165) is 35.5 Å². The molecule has 2 aromatic rings. The Bertz CT molecular complexity index is 683. The number of nitrogens with one attached hydrogen (secondary N) is 1. The summed E-state index contributed by atoms with van der Waals surface area (Å²) in [4.78, 5) is 17.0. The fourth-order valence-electron chi connectivity index (χ4n) is 3.62. The van der Waals surface area contributed by atoms with Gasteiger partial charge in [0.05, 0.1) is 5.69 Å². The van der Waals surface area contributed by atoms with Crippen molar-refractivity contribution < 1.29 is 4.79 Å². The maximum Gasteiger partial charge on any atom is 0.220 e. The molecule has 1 aromatic heterocycles. The molecule has 3 rings (SSSR count). The van der Waals surface area contributed by atoms with Crippen LogP contribution in [0.3, 0.4) is 0 Å². The van der Waals surface area contributed by atoms with Crippen molar-refractivity contribution in [1.82, 2.24) is 10.3 Å². The highest BCUT2D eigenvalue weighted by Gasteiger charge is 2.32. The third-order valence-corrected chi connectivity index (χ3v) is 6.10. The van der Waals surface area contributed by atoms with Gasteiger partial charge < -0.3 is 11.1 Å². The van der Waals surface area contributed by atoms with E-state index in [1.165, 1.54) is 19.3 Å². The smallest absolute Gasteiger partial charge is 0.220 e. The Balaban J connectivity index is 0.00000243. The van der Waals surface area contributed by atoms with Gasteiger partial charge in [0.2, 0.25) is 5.91 Å². The Morgan fingerprint density at radius 1 is 1.19 bits per heavy atom. The molecule has 1 saturated carbocycles. The lowest BCUT2D eigenvalue weighted by Gasteiger charge is -2.35. The first-order valence-corrected chi connectivity index (χ1v) is 10.1. The largest absolute Gasteiger partial charge is 0.356 e. The number of benzene rings is 1. The molecule has 0 radical (unpaired) electrons. The Morgan fingerprint density at radius 2 is 1.92 bits per heavy atom. The van der Waals surface area contributed by atoms with Gasteiger partial charge in [-0.15, -0.1) is 23.7 Å². The van der Waals surface area contributed by atoms with Crippen LogP contribution in [-0.4, -0.2) is 24.0 Å². The molecule has 26 heavy (non-hydrogen) atoms. The summed E-state index contributed by atoms with van der Waals surface area (Å²) >= 11 is 1.65. The highest BCUT2D eigenvalue weighted by molar-refractivity contribution is 7.13. The van der Waals surface area contributed by atoms with Crippen molar-refractivity contribution in [3.63, 3.8) is 0 Å². The van der Waals surface area contributed by atoms with Crippen LogP contribution in [0.15, 0.2) is 35.7 Å². The van der Waals surface area contributed by atoms with E-state index in [9.17, 15) is 4.79 Å². The third kappa shape index (κ3) is 5.53. The number of aromatic nitrogens is 1. The summed E-state index contributed by atoms with van der Waals surface area (Å²) in [6.45, 7) is 1.25. The number of hydrogen-bond acceptors (Lipinski definition) is 4. The van der Waals surface area contributed by atoms with Gasteiger partial charge in [0.1, 0.15) is 5.01 Å². The molecule has 0 bridgehead atoms. The monoisotopic (exact) mass is 393 g/mol. The second kappa shape index (κ2) is 10.0. The SMILES string of the molecule is Cl.NCC1(CC(=O)NCCc2csc(-c3ccccc3)n2)CCCCC1. The number of carbonyl (C=O) groups excluding carboxylic acids is 1. The summed E-state index contributed by atoms with van der Waals surface area (Å²) in [6, 6.07) is 10.2. The second-order valence-corrected chi connectivity index (χ2v) is 7.91. The van der Waals surface area contributed by atoms with E-state index in [1.807, 2.05) is 18.2 Å². The molecule has 1 heterocycles. The van der Waals surface area contributed by atoms with Crippen LogP contribution in [0.25, 0.3) is 10.6 Å². The topological polar surface area (TPSA) is 68.0 Å². The average Bonchev–Trinajstić information content (AvgIpc) is 3.12. The van der Waals surface area contributed by atoms with Crippen LogP contribution in [0.4, 0.5) is 0 Å². The van der Waals surface area contributed by atoms with Crippen LogP contribution in [0.2, 0.25) is 0 Å². The van der Waals surface area contributed by atoms with Gasteiger partial charge in [0.25, 0.3) is 0 Å². The summed E-state index contributed by atoms with van der Waals surface area (Å²) in [6.07, 6.45) is 7.18. The Morgan fingerprint density at radius 3 is 2.62 bits per heavy atom.